The lowest BCUT2D eigenvalue weighted by atomic mass is 10.1. The van der Waals surface area contributed by atoms with Gasteiger partial charge >= 0.3 is 0 Å². The summed E-state index contributed by atoms with van der Waals surface area (Å²) in [5, 5.41) is 1.87. The minimum absolute atomic E-state index is 0.207. The van der Waals surface area contributed by atoms with Gasteiger partial charge in [-0.05, 0) is 48.6 Å². The molecule has 0 spiro atoms. The Labute approximate surface area is 233 Å². The fraction of sp³-hybridized carbons (Fsp3) is 0.452. The van der Waals surface area contributed by atoms with Crippen molar-refractivity contribution in [2.75, 3.05) is 23.7 Å². The zero-order chi connectivity index (χ0) is 27.4. The zero-order valence-corrected chi connectivity index (χ0v) is 24.4. The predicted octanol–water partition coefficient (Wildman–Crippen LogP) is 7.81. The molecule has 3 aromatic rings. The van der Waals surface area contributed by atoms with Crippen molar-refractivity contribution in [1.82, 2.24) is 0 Å². The summed E-state index contributed by atoms with van der Waals surface area (Å²) < 4.78 is 33.1. The molecule has 0 radical (unpaired) electrons. The van der Waals surface area contributed by atoms with E-state index in [0.29, 0.717) is 19.4 Å². The first-order valence-corrected chi connectivity index (χ1v) is 15.9. The summed E-state index contributed by atoms with van der Waals surface area (Å²) in [6.07, 6.45) is 14.6. The van der Waals surface area contributed by atoms with E-state index >= 15 is 0 Å². The minimum atomic E-state index is -3.92. The van der Waals surface area contributed by atoms with E-state index in [-0.39, 0.29) is 5.75 Å². The number of anilines is 1. The van der Waals surface area contributed by atoms with Crippen molar-refractivity contribution in [3.8, 4) is 0 Å². The minimum Gasteiger partial charge on any atom is -0.371 e. The lowest BCUT2D eigenvalue weighted by Crippen LogP contribution is -2.34. The topological polar surface area (TPSA) is 61.5 Å². The fourth-order valence-electron chi connectivity index (χ4n) is 4.72. The third-order valence-electron chi connectivity index (χ3n) is 6.86. The highest BCUT2D eigenvalue weighted by atomic mass is 35.5. The Kier molecular flexibility index (Phi) is 12.1. The molecule has 7 heteroatoms. The van der Waals surface area contributed by atoms with Gasteiger partial charge in [-0.2, -0.15) is 13.0 Å². The monoisotopic (exact) mass is 557 g/mol. The Balaban J connectivity index is 1.76. The highest BCUT2D eigenvalue weighted by Gasteiger charge is 2.13. The molecule has 38 heavy (non-hydrogen) atoms. The number of hydrogen-bond donors (Lipinski definition) is 1. The number of aromatic nitrogens is 1. The molecule has 5 nitrogen and oxygen atoms in total. The molecular weight excluding hydrogens is 516 g/mol. The van der Waals surface area contributed by atoms with E-state index in [9.17, 15) is 8.42 Å². The number of benzene rings is 2. The molecule has 3 rings (SSSR count). The Hall–Kier alpha value is -2.41. The van der Waals surface area contributed by atoms with Crippen LogP contribution in [0.1, 0.15) is 76.3 Å². The van der Waals surface area contributed by atoms with E-state index in [1.807, 2.05) is 18.3 Å². The van der Waals surface area contributed by atoms with Crippen LogP contribution in [0.5, 0.6) is 0 Å². The van der Waals surface area contributed by atoms with Crippen LogP contribution in [-0.2, 0) is 16.7 Å². The molecular formula is C31H42ClN2O3S+. The van der Waals surface area contributed by atoms with Gasteiger partial charge in [0.25, 0.3) is 10.1 Å². The molecule has 1 heterocycles. The van der Waals surface area contributed by atoms with Crippen LogP contribution in [0.2, 0.25) is 5.02 Å². The highest BCUT2D eigenvalue weighted by molar-refractivity contribution is 7.85. The first kappa shape index (κ1) is 30.1. The quantitative estimate of drug-likeness (QED) is 0.111. The van der Waals surface area contributed by atoms with Gasteiger partial charge in [0.15, 0.2) is 6.20 Å². The number of para-hydroxylation sites is 1. The van der Waals surface area contributed by atoms with Gasteiger partial charge < -0.3 is 4.90 Å². The number of aryl methyl sites for hydroxylation is 1. The molecule has 0 amide bonds. The van der Waals surface area contributed by atoms with E-state index in [1.165, 1.54) is 44.2 Å². The van der Waals surface area contributed by atoms with E-state index < -0.39 is 10.1 Å². The summed E-state index contributed by atoms with van der Waals surface area (Å²) in [4.78, 5) is 2.48. The number of pyridine rings is 1. The van der Waals surface area contributed by atoms with Gasteiger partial charge in [0.05, 0.1) is 11.1 Å². The molecule has 1 aromatic heterocycles. The smallest absolute Gasteiger partial charge is 0.264 e. The molecule has 0 aliphatic heterocycles. The lowest BCUT2D eigenvalue weighted by Gasteiger charge is -2.25. The molecule has 0 fully saturated rings. The Morgan fingerprint density at radius 1 is 0.868 bits per heavy atom. The average molecular weight is 558 g/mol. The van der Waals surface area contributed by atoms with Gasteiger partial charge in [-0.1, -0.05) is 81.5 Å². The van der Waals surface area contributed by atoms with Crippen LogP contribution in [0.4, 0.5) is 5.69 Å². The third kappa shape index (κ3) is 9.40. The van der Waals surface area contributed by atoms with E-state index in [0.717, 1.165) is 40.1 Å². The summed E-state index contributed by atoms with van der Waals surface area (Å²) in [5.41, 5.74) is 4.36. The standard InChI is InChI=1S/C31H41ClN2O3S/c1-3-5-9-20-33(21-10-6-4-2)28-18-17-27(30(32)25-28)16-15-26-19-23-34(22-11-12-24-38(35,36)37)31-14-8-7-13-29(26)31/h7-8,13-19,23,25H,3-6,9-12,20-22,24H2,1-2H3/p+1. The second kappa shape index (κ2) is 15.2. The van der Waals surface area contributed by atoms with Crippen molar-refractivity contribution in [2.45, 2.75) is 71.8 Å². The largest absolute Gasteiger partial charge is 0.371 e. The number of halogens is 1. The molecule has 0 unspecified atom stereocenters. The van der Waals surface area contributed by atoms with Gasteiger partial charge in [-0.15, -0.1) is 0 Å². The highest BCUT2D eigenvalue weighted by Crippen LogP contribution is 2.27. The fourth-order valence-corrected chi connectivity index (χ4v) is 5.52. The van der Waals surface area contributed by atoms with Gasteiger partial charge in [0.1, 0.15) is 6.54 Å². The van der Waals surface area contributed by atoms with Crippen LogP contribution in [0, 0.1) is 0 Å². The van der Waals surface area contributed by atoms with E-state index in [1.54, 1.807) is 0 Å². The maximum absolute atomic E-state index is 11.0. The van der Waals surface area contributed by atoms with Crippen molar-refractivity contribution < 1.29 is 17.5 Å². The van der Waals surface area contributed by atoms with Crippen molar-refractivity contribution in [2.24, 2.45) is 0 Å². The predicted molar refractivity (Wildman–Crippen MR) is 161 cm³/mol. The van der Waals surface area contributed by atoms with Crippen LogP contribution in [-0.4, -0.2) is 31.8 Å². The summed E-state index contributed by atoms with van der Waals surface area (Å²) in [7, 11) is -3.92. The Bertz CT molecular complexity index is 1300. The third-order valence-corrected chi connectivity index (χ3v) is 8.00. The van der Waals surface area contributed by atoms with Gasteiger partial charge in [0.2, 0.25) is 5.52 Å². The molecule has 0 bridgehead atoms. The molecule has 0 aliphatic carbocycles. The van der Waals surface area contributed by atoms with E-state index in [2.05, 4.69) is 71.9 Å². The number of unbranched alkanes of at least 4 members (excludes halogenated alkanes) is 5. The van der Waals surface area contributed by atoms with Crippen molar-refractivity contribution in [3.63, 3.8) is 0 Å². The van der Waals surface area contributed by atoms with Crippen molar-refractivity contribution in [3.05, 3.63) is 70.9 Å². The summed E-state index contributed by atoms with van der Waals surface area (Å²) in [6.45, 7) is 7.29. The van der Waals surface area contributed by atoms with Gasteiger partial charge in [0, 0.05) is 42.4 Å². The van der Waals surface area contributed by atoms with Gasteiger partial charge in [-0.3, -0.25) is 4.55 Å². The summed E-state index contributed by atoms with van der Waals surface area (Å²) in [5.74, 6) is -0.207. The molecule has 0 aliphatic rings. The molecule has 0 saturated carbocycles. The molecule has 1 N–H and O–H groups in total. The molecule has 0 saturated heterocycles. The van der Waals surface area contributed by atoms with Crippen LogP contribution < -0.4 is 9.47 Å². The Morgan fingerprint density at radius 2 is 1.55 bits per heavy atom. The van der Waals surface area contributed by atoms with E-state index in [4.69, 9.17) is 16.2 Å². The summed E-state index contributed by atoms with van der Waals surface area (Å²) in [6, 6.07) is 16.7. The second-order valence-corrected chi connectivity index (χ2v) is 11.9. The SMILES string of the molecule is CCCCCN(CCCCC)c1ccc(C=Cc2cc[n+](CCCCS(=O)(=O)O)c3ccccc23)c(Cl)c1. The van der Waals surface area contributed by atoms with Crippen LogP contribution in [0.15, 0.2) is 54.7 Å². The van der Waals surface area contributed by atoms with Crippen LogP contribution in [0.25, 0.3) is 23.1 Å². The Morgan fingerprint density at radius 3 is 2.21 bits per heavy atom. The number of fused-ring (bicyclic) bond motifs is 1. The maximum atomic E-state index is 11.0. The first-order chi connectivity index (χ1) is 18.3. The molecule has 2 aromatic carbocycles. The van der Waals surface area contributed by atoms with Crippen molar-refractivity contribution >= 4 is 50.5 Å². The zero-order valence-electron chi connectivity index (χ0n) is 22.8. The van der Waals surface area contributed by atoms with Crippen LogP contribution in [0.3, 0.4) is 0 Å². The normalized spacial score (nSPS) is 12.0. The number of nitrogens with zero attached hydrogens (tertiary/aromatic N) is 2. The lowest BCUT2D eigenvalue weighted by molar-refractivity contribution is -0.671. The molecule has 0 atom stereocenters. The average Bonchev–Trinajstić information content (AvgIpc) is 2.89. The maximum Gasteiger partial charge on any atom is 0.264 e. The van der Waals surface area contributed by atoms with Crippen LogP contribution >= 0.6 is 11.6 Å². The number of rotatable bonds is 16. The molecule has 206 valence electrons. The number of hydrogen-bond acceptors (Lipinski definition) is 3. The second-order valence-electron chi connectivity index (χ2n) is 9.92. The summed E-state index contributed by atoms with van der Waals surface area (Å²) >= 11 is 6.77. The van der Waals surface area contributed by atoms with Gasteiger partial charge in [-0.25, -0.2) is 0 Å². The first-order valence-electron chi connectivity index (χ1n) is 13.9. The van der Waals surface area contributed by atoms with Crippen molar-refractivity contribution in [1.29, 1.82) is 0 Å².